The number of hydrogen-bond acceptors (Lipinski definition) is 6. The van der Waals surface area contributed by atoms with E-state index in [1.165, 1.54) is 5.69 Å². The van der Waals surface area contributed by atoms with Crippen molar-refractivity contribution in [2.75, 3.05) is 47.9 Å². The molecule has 1 aliphatic rings. The number of benzene rings is 2. The van der Waals surface area contributed by atoms with Crippen LogP contribution in [-0.2, 0) is 4.79 Å². The van der Waals surface area contributed by atoms with Gasteiger partial charge in [-0.3, -0.25) is 4.79 Å². The summed E-state index contributed by atoms with van der Waals surface area (Å²) in [6.07, 6.45) is 0. The van der Waals surface area contributed by atoms with E-state index in [-0.39, 0.29) is 12.5 Å². The first-order valence-corrected chi connectivity index (χ1v) is 11.0. The van der Waals surface area contributed by atoms with Crippen molar-refractivity contribution in [2.24, 2.45) is 0 Å². The molecule has 1 fully saturated rings. The number of piperazine rings is 1. The summed E-state index contributed by atoms with van der Waals surface area (Å²) in [6, 6.07) is 17.5. The van der Waals surface area contributed by atoms with E-state index in [9.17, 15) is 4.79 Å². The molecule has 2 heterocycles. The van der Waals surface area contributed by atoms with Gasteiger partial charge in [-0.25, -0.2) is 4.98 Å². The van der Waals surface area contributed by atoms with E-state index in [1.54, 1.807) is 24.3 Å². The van der Waals surface area contributed by atoms with Gasteiger partial charge in [0.05, 0.1) is 0 Å². The Hall–Kier alpha value is -3.32. The minimum Gasteiger partial charge on any atom is -0.467 e. The Balaban J connectivity index is 1.36. The van der Waals surface area contributed by atoms with Crippen molar-refractivity contribution in [1.82, 2.24) is 9.97 Å². The summed E-state index contributed by atoms with van der Waals surface area (Å²) >= 11 is 6.12. The number of halogens is 1. The van der Waals surface area contributed by atoms with E-state index in [0.29, 0.717) is 22.5 Å². The van der Waals surface area contributed by atoms with E-state index >= 15 is 0 Å². The summed E-state index contributed by atoms with van der Waals surface area (Å²) in [5.74, 6) is 0.736. The monoisotopic (exact) mass is 451 g/mol. The van der Waals surface area contributed by atoms with Crippen LogP contribution in [0.3, 0.4) is 0 Å². The fourth-order valence-electron chi connectivity index (χ4n) is 3.61. The number of nitrogens with one attached hydrogen (secondary N) is 1. The van der Waals surface area contributed by atoms with Gasteiger partial charge < -0.3 is 19.9 Å². The maximum absolute atomic E-state index is 12.4. The lowest BCUT2D eigenvalue weighted by Crippen LogP contribution is -2.47. The Morgan fingerprint density at radius 2 is 1.72 bits per heavy atom. The molecule has 0 atom stereocenters. The smallest absolute Gasteiger partial charge is 0.262 e. The molecule has 0 saturated carbocycles. The van der Waals surface area contributed by atoms with Gasteiger partial charge in [0.1, 0.15) is 0 Å². The van der Waals surface area contributed by atoms with Crippen molar-refractivity contribution in [1.29, 1.82) is 0 Å². The van der Waals surface area contributed by atoms with Gasteiger partial charge in [0.25, 0.3) is 5.91 Å². The predicted octanol–water partition coefficient (Wildman–Crippen LogP) is 4.09. The average molecular weight is 452 g/mol. The lowest BCUT2D eigenvalue weighted by molar-refractivity contribution is -0.118. The van der Waals surface area contributed by atoms with Crippen LogP contribution in [-0.4, -0.2) is 48.7 Å². The predicted molar refractivity (Wildman–Crippen MR) is 128 cm³/mol. The van der Waals surface area contributed by atoms with Crippen molar-refractivity contribution in [3.63, 3.8) is 0 Å². The van der Waals surface area contributed by atoms with Crippen molar-refractivity contribution in [3.8, 4) is 5.88 Å². The fourth-order valence-corrected chi connectivity index (χ4v) is 3.79. The summed E-state index contributed by atoms with van der Waals surface area (Å²) in [5, 5.41) is 3.43. The second-order valence-electron chi connectivity index (χ2n) is 7.71. The van der Waals surface area contributed by atoms with Gasteiger partial charge in [-0.1, -0.05) is 35.9 Å². The van der Waals surface area contributed by atoms with Crippen LogP contribution < -0.4 is 19.9 Å². The lowest BCUT2D eigenvalue weighted by Gasteiger charge is -2.36. The summed E-state index contributed by atoms with van der Waals surface area (Å²) in [6.45, 7) is 7.00. The van der Waals surface area contributed by atoms with E-state index in [1.807, 2.05) is 19.9 Å². The van der Waals surface area contributed by atoms with Gasteiger partial charge in [-0.2, -0.15) is 4.98 Å². The number of rotatable bonds is 6. The highest BCUT2D eigenvalue weighted by Gasteiger charge is 2.20. The van der Waals surface area contributed by atoms with E-state index in [4.69, 9.17) is 16.3 Å². The first kappa shape index (κ1) is 21.9. The highest BCUT2D eigenvalue weighted by Crippen LogP contribution is 2.23. The van der Waals surface area contributed by atoms with E-state index in [2.05, 4.69) is 49.4 Å². The molecule has 0 radical (unpaired) electrons. The molecule has 8 heteroatoms. The zero-order valence-electron chi connectivity index (χ0n) is 18.2. The molecule has 1 aliphatic heterocycles. The zero-order chi connectivity index (χ0) is 22.5. The topological polar surface area (TPSA) is 70.6 Å². The molecule has 0 bridgehead atoms. The van der Waals surface area contributed by atoms with Crippen LogP contribution >= 0.6 is 11.6 Å². The summed E-state index contributed by atoms with van der Waals surface area (Å²) in [4.78, 5) is 26.0. The number of anilines is 3. The van der Waals surface area contributed by atoms with Gasteiger partial charge >= 0.3 is 0 Å². The lowest BCUT2D eigenvalue weighted by atomic mass is 10.2. The first-order valence-electron chi connectivity index (χ1n) is 10.6. The Labute approximate surface area is 193 Å². The molecule has 2 aromatic carbocycles. The number of aromatic nitrogens is 2. The maximum Gasteiger partial charge on any atom is 0.262 e. The van der Waals surface area contributed by atoms with Gasteiger partial charge in [-0.15, -0.1) is 0 Å². The Kier molecular flexibility index (Phi) is 6.75. The van der Waals surface area contributed by atoms with Crippen LogP contribution in [0.1, 0.15) is 11.3 Å². The number of amides is 1. The number of ether oxygens (including phenoxy) is 1. The highest BCUT2D eigenvalue weighted by molar-refractivity contribution is 6.31. The van der Waals surface area contributed by atoms with Crippen molar-refractivity contribution >= 4 is 34.8 Å². The molecular weight excluding hydrogens is 426 g/mol. The minimum absolute atomic E-state index is 0.149. The number of carbonyl (C=O) groups excluding carboxylic acids is 1. The molecule has 0 unspecified atom stereocenters. The maximum atomic E-state index is 12.4. The van der Waals surface area contributed by atoms with Crippen LogP contribution in [0.15, 0.2) is 54.6 Å². The number of hydrogen-bond donors (Lipinski definition) is 1. The quantitative estimate of drug-likeness (QED) is 0.608. The normalized spacial score (nSPS) is 13.7. The molecule has 0 aliphatic carbocycles. The van der Waals surface area contributed by atoms with E-state index < -0.39 is 0 Å². The Bertz CT molecular complexity index is 1090. The molecule has 7 nitrogen and oxygen atoms in total. The molecular formula is C24H26ClN5O2. The van der Waals surface area contributed by atoms with Crippen LogP contribution in [0.2, 0.25) is 5.02 Å². The van der Waals surface area contributed by atoms with Gasteiger partial charge in [0.15, 0.2) is 6.61 Å². The number of aryl methyl sites for hydroxylation is 1. The van der Waals surface area contributed by atoms with Gasteiger partial charge in [0, 0.05) is 54.3 Å². The van der Waals surface area contributed by atoms with Crippen molar-refractivity contribution in [3.05, 3.63) is 70.9 Å². The number of nitrogens with zero attached hydrogens (tertiary/aromatic N) is 4. The molecule has 32 heavy (non-hydrogen) atoms. The van der Waals surface area contributed by atoms with Crippen molar-refractivity contribution < 1.29 is 9.53 Å². The third kappa shape index (κ3) is 5.29. The SMILES string of the molecule is Cc1cc(OCC(=O)Nc2cccc(Cl)c2C)nc(N2CCN(c3ccccc3)CC2)n1. The highest BCUT2D eigenvalue weighted by atomic mass is 35.5. The van der Waals surface area contributed by atoms with Gasteiger partial charge in [-0.05, 0) is 43.7 Å². The van der Waals surface area contributed by atoms with Crippen LogP contribution in [0, 0.1) is 13.8 Å². The summed E-state index contributed by atoms with van der Waals surface area (Å²) in [7, 11) is 0. The second kappa shape index (κ2) is 9.87. The fraction of sp³-hybridized carbons (Fsp3) is 0.292. The molecule has 1 saturated heterocycles. The van der Waals surface area contributed by atoms with Crippen LogP contribution in [0.4, 0.5) is 17.3 Å². The van der Waals surface area contributed by atoms with Crippen LogP contribution in [0.25, 0.3) is 0 Å². The molecule has 1 amide bonds. The molecule has 3 aromatic rings. The summed E-state index contributed by atoms with van der Waals surface area (Å²) < 4.78 is 5.68. The molecule has 4 rings (SSSR count). The van der Waals surface area contributed by atoms with Gasteiger partial charge in [0.2, 0.25) is 11.8 Å². The van der Waals surface area contributed by atoms with E-state index in [0.717, 1.165) is 37.4 Å². The third-order valence-electron chi connectivity index (χ3n) is 5.40. The second-order valence-corrected chi connectivity index (χ2v) is 8.11. The minimum atomic E-state index is -0.273. The first-order chi connectivity index (χ1) is 15.5. The zero-order valence-corrected chi connectivity index (χ0v) is 19.0. The molecule has 166 valence electrons. The largest absolute Gasteiger partial charge is 0.467 e. The number of carbonyl (C=O) groups is 1. The summed E-state index contributed by atoms with van der Waals surface area (Å²) in [5.41, 5.74) is 3.50. The molecule has 1 aromatic heterocycles. The van der Waals surface area contributed by atoms with Crippen molar-refractivity contribution in [2.45, 2.75) is 13.8 Å². The number of para-hydroxylation sites is 1. The Morgan fingerprint density at radius 1 is 1.00 bits per heavy atom. The molecule has 0 spiro atoms. The van der Waals surface area contributed by atoms with Crippen LogP contribution in [0.5, 0.6) is 5.88 Å². The average Bonchev–Trinajstić information content (AvgIpc) is 2.81. The standard InChI is InChI=1S/C24H26ClN5O2/c1-17-15-23(32-16-22(31)27-21-10-6-9-20(25)18(21)2)28-24(26-17)30-13-11-29(12-14-30)19-7-4-3-5-8-19/h3-10,15H,11-14,16H2,1-2H3,(H,27,31). The third-order valence-corrected chi connectivity index (χ3v) is 5.81. The Morgan fingerprint density at radius 3 is 2.47 bits per heavy atom. The molecule has 1 N–H and O–H groups in total.